The highest BCUT2D eigenvalue weighted by molar-refractivity contribution is 7.47. The van der Waals surface area contributed by atoms with Crippen LogP contribution in [-0.2, 0) is 32.7 Å². The molecule has 3 N–H and O–H groups in total. The topological polar surface area (TPSA) is 134 Å². The van der Waals surface area contributed by atoms with Crippen LogP contribution in [0.3, 0.4) is 0 Å². The van der Waals surface area contributed by atoms with Gasteiger partial charge in [-0.05, 0) is 38.5 Å². The summed E-state index contributed by atoms with van der Waals surface area (Å²) in [6.45, 7) is 3.76. The highest BCUT2D eigenvalue weighted by atomic mass is 31.2. The van der Waals surface area contributed by atoms with Gasteiger partial charge in [0.05, 0.1) is 13.2 Å². The van der Waals surface area contributed by atoms with E-state index in [1.54, 1.807) is 0 Å². The van der Waals surface area contributed by atoms with Crippen LogP contribution in [-0.4, -0.2) is 49.3 Å². The molecule has 0 bridgehead atoms. The number of phosphoric ester groups is 1. The van der Waals surface area contributed by atoms with Gasteiger partial charge in [0.1, 0.15) is 6.61 Å². The fourth-order valence-corrected chi connectivity index (χ4v) is 7.63. The van der Waals surface area contributed by atoms with Crippen molar-refractivity contribution in [1.29, 1.82) is 0 Å². The molecule has 332 valence electrons. The van der Waals surface area contributed by atoms with Crippen LogP contribution in [0.1, 0.15) is 239 Å². The number of phosphoric acid groups is 1. The van der Waals surface area contributed by atoms with Gasteiger partial charge in [-0.25, -0.2) is 4.57 Å². The molecule has 0 spiro atoms. The van der Waals surface area contributed by atoms with E-state index < -0.39 is 26.5 Å². The van der Waals surface area contributed by atoms with Gasteiger partial charge in [-0.2, -0.15) is 0 Å². The lowest BCUT2D eigenvalue weighted by Gasteiger charge is -2.19. The molecular formula is C46H90NO8P. The van der Waals surface area contributed by atoms with Gasteiger partial charge in [0.25, 0.3) is 0 Å². The molecule has 0 radical (unpaired) electrons. The van der Waals surface area contributed by atoms with E-state index >= 15 is 0 Å². The number of unbranched alkanes of at least 4 members (excludes halogenated alkanes) is 30. The smallest absolute Gasteiger partial charge is 0.462 e. The summed E-state index contributed by atoms with van der Waals surface area (Å²) in [5.41, 5.74) is 5.35. The molecule has 0 aliphatic carbocycles. The second kappa shape index (κ2) is 43.3. The largest absolute Gasteiger partial charge is 0.472 e. The van der Waals surface area contributed by atoms with Crippen molar-refractivity contribution in [2.75, 3.05) is 26.4 Å². The molecule has 56 heavy (non-hydrogen) atoms. The van der Waals surface area contributed by atoms with Crippen LogP contribution >= 0.6 is 7.82 Å². The predicted octanol–water partition coefficient (Wildman–Crippen LogP) is 13.8. The average molecular weight is 816 g/mol. The number of hydrogen-bond acceptors (Lipinski definition) is 8. The van der Waals surface area contributed by atoms with Gasteiger partial charge in [-0.3, -0.25) is 18.6 Å². The summed E-state index contributed by atoms with van der Waals surface area (Å²) < 4.78 is 32.8. The molecule has 0 heterocycles. The minimum absolute atomic E-state index is 0.0550. The molecule has 2 atom stereocenters. The van der Waals surface area contributed by atoms with Gasteiger partial charge >= 0.3 is 19.8 Å². The number of ether oxygens (including phenoxy) is 2. The maximum absolute atomic E-state index is 12.6. The highest BCUT2D eigenvalue weighted by Gasteiger charge is 2.26. The zero-order valence-corrected chi connectivity index (χ0v) is 37.5. The monoisotopic (exact) mass is 816 g/mol. The van der Waals surface area contributed by atoms with Crippen molar-refractivity contribution in [3.05, 3.63) is 12.2 Å². The van der Waals surface area contributed by atoms with Crippen LogP contribution in [0, 0.1) is 0 Å². The van der Waals surface area contributed by atoms with Crippen molar-refractivity contribution in [1.82, 2.24) is 0 Å². The Morgan fingerprint density at radius 1 is 0.518 bits per heavy atom. The molecule has 0 fully saturated rings. The Balaban J connectivity index is 4.05. The molecule has 9 nitrogen and oxygen atoms in total. The van der Waals surface area contributed by atoms with Crippen LogP contribution < -0.4 is 5.73 Å². The minimum Gasteiger partial charge on any atom is -0.462 e. The Bertz CT molecular complexity index is 933. The number of esters is 2. The van der Waals surface area contributed by atoms with Gasteiger partial charge in [-0.15, -0.1) is 0 Å². The van der Waals surface area contributed by atoms with Gasteiger partial charge in [0, 0.05) is 19.4 Å². The molecule has 0 saturated carbocycles. The van der Waals surface area contributed by atoms with E-state index in [1.807, 2.05) is 0 Å². The average Bonchev–Trinajstić information content (AvgIpc) is 3.18. The zero-order valence-electron chi connectivity index (χ0n) is 36.6. The van der Waals surface area contributed by atoms with Crippen LogP contribution in [0.15, 0.2) is 12.2 Å². The molecule has 0 amide bonds. The summed E-state index contributed by atoms with van der Waals surface area (Å²) in [5, 5.41) is 0. The number of rotatable bonds is 45. The first kappa shape index (κ1) is 54.8. The number of allylic oxidation sites excluding steroid dienone is 2. The van der Waals surface area contributed by atoms with Crippen molar-refractivity contribution >= 4 is 19.8 Å². The third kappa shape index (κ3) is 42.4. The number of hydrogen-bond donors (Lipinski definition) is 2. The fraction of sp³-hybridized carbons (Fsp3) is 0.913. The van der Waals surface area contributed by atoms with E-state index in [1.165, 1.54) is 154 Å². The van der Waals surface area contributed by atoms with Crippen molar-refractivity contribution in [2.45, 2.75) is 245 Å². The summed E-state index contributed by atoms with van der Waals surface area (Å²) in [6, 6.07) is 0. The summed E-state index contributed by atoms with van der Waals surface area (Å²) >= 11 is 0. The lowest BCUT2D eigenvalue weighted by Crippen LogP contribution is -2.29. The molecule has 1 unspecified atom stereocenters. The first-order valence-corrected chi connectivity index (χ1v) is 25.2. The SMILES string of the molecule is CCCCCCCC/C=C/CCCCCCCC(=O)O[C@H](COC(=O)CCCCCCCCCCCCCCCCCCCCCC)COP(=O)(O)OCCN. The first-order chi connectivity index (χ1) is 27.3. The van der Waals surface area contributed by atoms with Crippen LogP contribution in [0.2, 0.25) is 0 Å². The van der Waals surface area contributed by atoms with Crippen molar-refractivity contribution in [2.24, 2.45) is 5.73 Å². The third-order valence-electron chi connectivity index (χ3n) is 10.4. The minimum atomic E-state index is -4.37. The second-order valence-corrected chi connectivity index (χ2v) is 17.4. The maximum atomic E-state index is 12.6. The van der Waals surface area contributed by atoms with Crippen molar-refractivity contribution in [3.63, 3.8) is 0 Å². The quantitative estimate of drug-likeness (QED) is 0.0266. The Morgan fingerprint density at radius 3 is 1.27 bits per heavy atom. The van der Waals surface area contributed by atoms with Crippen molar-refractivity contribution in [3.8, 4) is 0 Å². The van der Waals surface area contributed by atoms with Crippen molar-refractivity contribution < 1.29 is 37.6 Å². The fourth-order valence-electron chi connectivity index (χ4n) is 6.87. The zero-order chi connectivity index (χ0) is 41.1. The molecule has 0 rings (SSSR count). The molecule has 0 aliphatic rings. The lowest BCUT2D eigenvalue weighted by atomic mass is 10.0. The number of carbonyl (C=O) groups is 2. The number of carbonyl (C=O) groups excluding carboxylic acids is 2. The van der Waals surface area contributed by atoms with Gasteiger partial charge in [-0.1, -0.05) is 199 Å². The summed E-state index contributed by atoms with van der Waals surface area (Å²) in [5.74, 6) is -0.825. The van der Waals surface area contributed by atoms with Gasteiger partial charge in [0.15, 0.2) is 6.10 Å². The highest BCUT2D eigenvalue weighted by Crippen LogP contribution is 2.43. The Kier molecular flexibility index (Phi) is 42.4. The standard InChI is InChI=1S/C46H90NO8P/c1-3-5-7-9-11-13-15-17-19-20-21-22-23-25-26-28-30-32-34-36-38-45(48)52-42-44(43-54-56(50,51)53-41-40-47)55-46(49)39-37-35-33-31-29-27-24-18-16-14-12-10-8-6-4-2/h18,24,44H,3-17,19-23,25-43,47H2,1-2H3,(H,50,51)/b24-18+/t44-/m1/s1. The summed E-state index contributed by atoms with van der Waals surface area (Å²) in [6.07, 6.45) is 45.3. The van der Waals surface area contributed by atoms with E-state index in [9.17, 15) is 19.0 Å². The molecular weight excluding hydrogens is 725 g/mol. The predicted molar refractivity (Wildman–Crippen MR) is 234 cm³/mol. The van der Waals surface area contributed by atoms with E-state index in [4.69, 9.17) is 24.3 Å². The molecule has 0 aromatic rings. The third-order valence-corrected chi connectivity index (χ3v) is 11.4. The normalized spacial score (nSPS) is 13.3. The van der Waals surface area contributed by atoms with Crippen LogP contribution in [0.4, 0.5) is 0 Å². The molecule has 0 saturated heterocycles. The van der Waals surface area contributed by atoms with Crippen LogP contribution in [0.25, 0.3) is 0 Å². The number of nitrogens with two attached hydrogens (primary N) is 1. The first-order valence-electron chi connectivity index (χ1n) is 23.7. The molecule has 0 aliphatic heterocycles. The van der Waals surface area contributed by atoms with E-state index in [0.29, 0.717) is 6.42 Å². The molecule has 10 heteroatoms. The van der Waals surface area contributed by atoms with E-state index in [-0.39, 0.29) is 38.6 Å². The maximum Gasteiger partial charge on any atom is 0.472 e. The summed E-state index contributed by atoms with van der Waals surface area (Å²) in [7, 11) is -4.37. The van der Waals surface area contributed by atoms with E-state index in [0.717, 1.165) is 51.4 Å². The second-order valence-electron chi connectivity index (χ2n) is 16.0. The van der Waals surface area contributed by atoms with Crippen LogP contribution in [0.5, 0.6) is 0 Å². The molecule has 0 aromatic carbocycles. The van der Waals surface area contributed by atoms with Gasteiger partial charge < -0.3 is 20.1 Å². The molecule has 0 aromatic heterocycles. The van der Waals surface area contributed by atoms with E-state index in [2.05, 4.69) is 26.0 Å². The lowest BCUT2D eigenvalue weighted by molar-refractivity contribution is -0.161. The Hall–Kier alpha value is -1.25. The summed E-state index contributed by atoms with van der Waals surface area (Å²) in [4.78, 5) is 34.9. The Morgan fingerprint density at radius 2 is 0.875 bits per heavy atom. The Labute approximate surface area is 345 Å². The van der Waals surface area contributed by atoms with Gasteiger partial charge in [0.2, 0.25) is 0 Å².